The molecular weight excluding hydrogens is 262 g/mol. The highest BCUT2D eigenvalue weighted by Gasteiger charge is 2.14. The van der Waals surface area contributed by atoms with Gasteiger partial charge in [0.15, 0.2) is 11.5 Å². The Hall–Kier alpha value is -2.00. The number of ether oxygens (including phenoxy) is 2. The van der Waals surface area contributed by atoms with Gasteiger partial charge in [-0.2, -0.15) is 0 Å². The molecule has 3 heteroatoms. The van der Waals surface area contributed by atoms with E-state index >= 15 is 0 Å². The van der Waals surface area contributed by atoms with E-state index in [0.29, 0.717) is 6.04 Å². The van der Waals surface area contributed by atoms with E-state index in [1.165, 1.54) is 11.1 Å². The smallest absolute Gasteiger partial charge is 0.168 e. The molecule has 0 aliphatic carbocycles. The lowest BCUT2D eigenvalue weighted by molar-refractivity contribution is 0.356. The molecule has 2 rings (SSSR count). The van der Waals surface area contributed by atoms with Gasteiger partial charge in [-0.15, -0.1) is 0 Å². The van der Waals surface area contributed by atoms with Crippen molar-refractivity contribution in [2.45, 2.75) is 26.4 Å². The summed E-state index contributed by atoms with van der Waals surface area (Å²) in [7, 11) is 3.34. The van der Waals surface area contributed by atoms with Gasteiger partial charge in [0.05, 0.1) is 14.2 Å². The average Bonchev–Trinajstić information content (AvgIpc) is 2.52. The molecule has 1 N–H and O–H groups in total. The molecule has 0 aliphatic rings. The summed E-state index contributed by atoms with van der Waals surface area (Å²) in [6.45, 7) is 5.12. The molecule has 0 unspecified atom stereocenters. The number of benzene rings is 2. The van der Waals surface area contributed by atoms with Crippen molar-refractivity contribution in [1.29, 1.82) is 0 Å². The van der Waals surface area contributed by atoms with Crippen molar-refractivity contribution >= 4 is 0 Å². The minimum absolute atomic E-state index is 0.449. The van der Waals surface area contributed by atoms with E-state index in [4.69, 9.17) is 9.47 Å². The van der Waals surface area contributed by atoms with Crippen LogP contribution in [0.4, 0.5) is 0 Å². The maximum atomic E-state index is 5.56. The third-order valence-corrected chi connectivity index (χ3v) is 3.41. The zero-order valence-electron chi connectivity index (χ0n) is 13.1. The van der Waals surface area contributed by atoms with E-state index < -0.39 is 0 Å². The average molecular weight is 285 g/mol. The van der Waals surface area contributed by atoms with Gasteiger partial charge in [0.2, 0.25) is 0 Å². The first-order valence-electron chi connectivity index (χ1n) is 7.20. The number of hydrogen-bond acceptors (Lipinski definition) is 3. The van der Waals surface area contributed by atoms with Gasteiger partial charge in [0.1, 0.15) is 0 Å². The van der Waals surface area contributed by atoms with Crippen LogP contribution in [0.2, 0.25) is 0 Å². The molecule has 2 aromatic carbocycles. The molecule has 0 spiro atoms. The standard InChI is InChI=1S/C18H23NO2/c1-13(2)19-12-14-8-5-6-9-15(14)16-10-7-11-17(20-3)18(16)21-4/h5-11,13,19H,12H2,1-4H3. The third-order valence-electron chi connectivity index (χ3n) is 3.41. The molecule has 0 fully saturated rings. The summed E-state index contributed by atoms with van der Waals surface area (Å²) in [5.74, 6) is 1.53. The molecular formula is C18H23NO2. The molecule has 21 heavy (non-hydrogen) atoms. The van der Waals surface area contributed by atoms with Crippen molar-refractivity contribution in [3.8, 4) is 22.6 Å². The Balaban J connectivity index is 2.47. The molecule has 0 aromatic heterocycles. The first-order chi connectivity index (χ1) is 10.2. The van der Waals surface area contributed by atoms with Crippen LogP contribution in [0.3, 0.4) is 0 Å². The molecule has 3 nitrogen and oxygen atoms in total. The number of hydrogen-bond donors (Lipinski definition) is 1. The SMILES string of the molecule is COc1cccc(-c2ccccc2CNC(C)C)c1OC. The van der Waals surface area contributed by atoms with E-state index in [9.17, 15) is 0 Å². The lowest BCUT2D eigenvalue weighted by atomic mass is 9.98. The van der Waals surface area contributed by atoms with Crippen molar-refractivity contribution in [3.05, 3.63) is 48.0 Å². The summed E-state index contributed by atoms with van der Waals surface area (Å²) in [4.78, 5) is 0. The Morgan fingerprint density at radius 1 is 0.905 bits per heavy atom. The molecule has 0 saturated heterocycles. The number of para-hydroxylation sites is 1. The maximum Gasteiger partial charge on any atom is 0.168 e. The van der Waals surface area contributed by atoms with Gasteiger partial charge < -0.3 is 14.8 Å². The highest BCUT2D eigenvalue weighted by molar-refractivity contribution is 5.76. The van der Waals surface area contributed by atoms with Gasteiger partial charge in [0, 0.05) is 18.2 Å². The van der Waals surface area contributed by atoms with E-state index in [-0.39, 0.29) is 0 Å². The highest BCUT2D eigenvalue weighted by atomic mass is 16.5. The van der Waals surface area contributed by atoms with Crippen molar-refractivity contribution in [3.63, 3.8) is 0 Å². The molecule has 0 radical (unpaired) electrons. The minimum Gasteiger partial charge on any atom is -0.493 e. The van der Waals surface area contributed by atoms with Gasteiger partial charge in [-0.05, 0) is 17.2 Å². The van der Waals surface area contributed by atoms with Crippen molar-refractivity contribution in [1.82, 2.24) is 5.32 Å². The second kappa shape index (κ2) is 7.14. The van der Waals surface area contributed by atoms with Crippen LogP contribution in [-0.2, 0) is 6.54 Å². The summed E-state index contributed by atoms with van der Waals surface area (Å²) < 4.78 is 11.0. The Bertz CT molecular complexity index is 594. The maximum absolute atomic E-state index is 5.56. The molecule has 0 aliphatic heterocycles. The number of nitrogens with one attached hydrogen (secondary N) is 1. The minimum atomic E-state index is 0.449. The van der Waals surface area contributed by atoms with E-state index in [1.807, 2.05) is 18.2 Å². The molecule has 0 bridgehead atoms. The number of rotatable bonds is 6. The Labute approximate surface area is 126 Å². The van der Waals surface area contributed by atoms with Gasteiger partial charge in [-0.3, -0.25) is 0 Å². The first kappa shape index (κ1) is 15.4. The zero-order chi connectivity index (χ0) is 15.2. The summed E-state index contributed by atoms with van der Waals surface area (Å²) in [6, 6.07) is 14.8. The van der Waals surface area contributed by atoms with Gasteiger partial charge in [-0.1, -0.05) is 50.2 Å². The summed E-state index contributed by atoms with van der Waals surface area (Å²) in [5, 5.41) is 3.47. The highest BCUT2D eigenvalue weighted by Crippen LogP contribution is 2.39. The van der Waals surface area contributed by atoms with Crippen molar-refractivity contribution < 1.29 is 9.47 Å². The van der Waals surface area contributed by atoms with Crippen LogP contribution >= 0.6 is 0 Å². The predicted molar refractivity (Wildman–Crippen MR) is 87.0 cm³/mol. The monoisotopic (exact) mass is 285 g/mol. The fraction of sp³-hybridized carbons (Fsp3) is 0.333. The molecule has 2 aromatic rings. The normalized spacial score (nSPS) is 10.7. The molecule has 0 amide bonds. The lowest BCUT2D eigenvalue weighted by Gasteiger charge is -2.16. The van der Waals surface area contributed by atoms with Gasteiger partial charge in [-0.25, -0.2) is 0 Å². The van der Waals surface area contributed by atoms with E-state index in [2.05, 4.69) is 43.4 Å². The summed E-state index contributed by atoms with van der Waals surface area (Å²) in [5.41, 5.74) is 3.47. The van der Waals surface area contributed by atoms with Crippen LogP contribution in [0.1, 0.15) is 19.4 Å². The van der Waals surface area contributed by atoms with Crippen molar-refractivity contribution in [2.75, 3.05) is 14.2 Å². The molecule has 112 valence electrons. The van der Waals surface area contributed by atoms with Crippen LogP contribution in [0.5, 0.6) is 11.5 Å². The zero-order valence-corrected chi connectivity index (χ0v) is 13.1. The van der Waals surface area contributed by atoms with E-state index in [0.717, 1.165) is 23.6 Å². The van der Waals surface area contributed by atoms with Crippen LogP contribution < -0.4 is 14.8 Å². The van der Waals surface area contributed by atoms with E-state index in [1.54, 1.807) is 14.2 Å². The predicted octanol–water partition coefficient (Wildman–Crippen LogP) is 3.87. The second-order valence-electron chi connectivity index (χ2n) is 5.23. The summed E-state index contributed by atoms with van der Waals surface area (Å²) in [6.07, 6.45) is 0. The lowest BCUT2D eigenvalue weighted by Crippen LogP contribution is -2.22. The Morgan fingerprint density at radius 3 is 2.29 bits per heavy atom. The topological polar surface area (TPSA) is 30.5 Å². The quantitative estimate of drug-likeness (QED) is 0.874. The van der Waals surface area contributed by atoms with Crippen LogP contribution in [-0.4, -0.2) is 20.3 Å². The molecule has 0 heterocycles. The fourth-order valence-corrected chi connectivity index (χ4v) is 2.35. The Morgan fingerprint density at radius 2 is 1.62 bits per heavy atom. The van der Waals surface area contributed by atoms with Gasteiger partial charge in [0.25, 0.3) is 0 Å². The molecule has 0 atom stereocenters. The largest absolute Gasteiger partial charge is 0.493 e. The third kappa shape index (κ3) is 3.56. The number of methoxy groups -OCH3 is 2. The van der Waals surface area contributed by atoms with Crippen LogP contribution in [0.15, 0.2) is 42.5 Å². The first-order valence-corrected chi connectivity index (χ1v) is 7.20. The van der Waals surface area contributed by atoms with Gasteiger partial charge >= 0.3 is 0 Å². The second-order valence-corrected chi connectivity index (χ2v) is 5.23. The molecule has 0 saturated carbocycles. The van der Waals surface area contributed by atoms with Crippen molar-refractivity contribution in [2.24, 2.45) is 0 Å². The van der Waals surface area contributed by atoms with Crippen LogP contribution in [0, 0.1) is 0 Å². The summed E-state index contributed by atoms with van der Waals surface area (Å²) >= 11 is 0. The Kier molecular flexibility index (Phi) is 5.23. The van der Waals surface area contributed by atoms with Crippen LogP contribution in [0.25, 0.3) is 11.1 Å². The fourth-order valence-electron chi connectivity index (χ4n) is 2.35.